The van der Waals surface area contributed by atoms with Crippen LogP contribution >= 0.6 is 0 Å². The van der Waals surface area contributed by atoms with E-state index < -0.39 is 0 Å². The first-order valence-electron chi connectivity index (χ1n) is 0.204. The molecule has 0 saturated carbocycles. The monoisotopic (exact) mass is 219 g/mol. The summed E-state index contributed by atoms with van der Waals surface area (Å²) in [4.78, 5) is 0. The molecule has 0 aromatic rings. The van der Waals surface area contributed by atoms with Gasteiger partial charge in [-0.05, 0) is 0 Å². The predicted octanol–water partition coefficient (Wildman–Crippen LogP) is -1.42. The fourth-order valence-electron chi connectivity index (χ4n) is 0. The quantitative estimate of drug-likeness (QED) is 0.457. The Bertz CT molecular complexity index is 9.61. The number of rotatable bonds is 0. The molecule has 0 bridgehead atoms. The maximum atomic E-state index is 8.25. The molecule has 0 aromatic carbocycles. The molecule has 5 heteroatoms. The van der Waals surface area contributed by atoms with Crippen LogP contribution in [0.3, 0.4) is 0 Å². The van der Waals surface area contributed by atoms with Crippen LogP contribution in [0.25, 0.3) is 0 Å². The van der Waals surface area contributed by atoms with Gasteiger partial charge in [-0.3, -0.25) is 0 Å². The molecule has 0 rings (SSSR count). The van der Waals surface area contributed by atoms with Crippen molar-refractivity contribution in [2.75, 3.05) is 0 Å². The van der Waals surface area contributed by atoms with Gasteiger partial charge < -0.3 is 0 Å². The molecular weight excluding hydrogens is 217 g/mol. The van der Waals surface area contributed by atoms with Crippen molar-refractivity contribution < 1.29 is 59.3 Å². The van der Waals surface area contributed by atoms with Gasteiger partial charge in [-0.1, -0.05) is 0 Å². The van der Waals surface area contributed by atoms with Crippen molar-refractivity contribution in [1.82, 2.24) is 0 Å². The van der Waals surface area contributed by atoms with Crippen LogP contribution in [0.4, 0.5) is 0 Å². The molecule has 0 amide bonds. The Labute approximate surface area is 95.1 Å². The molecule has 1 nitrogen and oxygen atoms in total. The van der Waals surface area contributed by atoms with Gasteiger partial charge in [0.05, 0.1) is 0 Å². The van der Waals surface area contributed by atoms with E-state index in [1.54, 1.807) is 0 Å². The van der Waals surface area contributed by atoms with Crippen molar-refractivity contribution in [3.8, 4) is 0 Å². The van der Waals surface area contributed by atoms with Gasteiger partial charge >= 0.3 is 61.5 Å². The van der Waals surface area contributed by atoms with Crippen LogP contribution < -0.4 is 0 Å². The molecule has 0 aliphatic carbocycles. The Morgan fingerprint density at radius 3 is 1.00 bits per heavy atom. The summed E-state index contributed by atoms with van der Waals surface area (Å²) in [6, 6.07) is 0. The zero-order valence-electron chi connectivity index (χ0n) is 1.49. The van der Waals surface area contributed by atoms with Crippen LogP contribution in [0.5, 0.6) is 0 Å². The van der Waals surface area contributed by atoms with E-state index in [0.717, 1.165) is 20.4 Å². The molecule has 17 valence electrons. The summed E-state index contributed by atoms with van der Waals surface area (Å²) >= 11 is 0.750. The van der Waals surface area contributed by atoms with Crippen LogP contribution in [0.2, 0.25) is 0 Å². The first-order chi connectivity index (χ1) is 1.00. The molecule has 0 aliphatic heterocycles. The molecule has 5 heavy (non-hydrogen) atoms. The second-order valence-corrected chi connectivity index (χ2v) is 0. The first kappa shape index (κ1) is 24.7. The van der Waals surface area contributed by atoms with Crippen molar-refractivity contribution >= 4 is 37.7 Å². The second kappa shape index (κ2) is 28.5. The van der Waals surface area contributed by atoms with Crippen molar-refractivity contribution in [1.29, 1.82) is 0 Å². The molecule has 1 radical (unpaired) electrons. The topological polar surface area (TPSA) is 17.1 Å². The SMILES string of the molecule is [La].[LiH].[LiH].[O]=[Ti]. The molecule has 0 fully saturated rings. The van der Waals surface area contributed by atoms with Gasteiger partial charge in [0.1, 0.15) is 0 Å². The van der Waals surface area contributed by atoms with Gasteiger partial charge in [0.2, 0.25) is 0 Å². The molecule has 0 atom stereocenters. The second-order valence-electron chi connectivity index (χ2n) is 0. The number of hydrogen-bond acceptors (Lipinski definition) is 1. The minimum atomic E-state index is 0. The van der Waals surface area contributed by atoms with E-state index in [1.807, 2.05) is 0 Å². The van der Waals surface area contributed by atoms with Crippen molar-refractivity contribution in [3.63, 3.8) is 0 Å². The van der Waals surface area contributed by atoms with E-state index in [9.17, 15) is 0 Å². The van der Waals surface area contributed by atoms with Gasteiger partial charge in [-0.25, -0.2) is 0 Å². The Morgan fingerprint density at radius 2 is 1.00 bits per heavy atom. The average Bonchev–Trinajstić information content (AvgIpc) is 1.00. The normalized spacial score (nSPS) is 0.600. The van der Waals surface area contributed by atoms with Crippen molar-refractivity contribution in [3.05, 3.63) is 0 Å². The molecule has 0 aromatic heterocycles. The summed E-state index contributed by atoms with van der Waals surface area (Å²) < 4.78 is 8.25. The third-order valence-electron chi connectivity index (χ3n) is 0. The Kier molecular flexibility index (Phi) is 141. The van der Waals surface area contributed by atoms with Crippen LogP contribution in [0, 0.1) is 35.6 Å². The zero-order chi connectivity index (χ0) is 2.00. The summed E-state index contributed by atoms with van der Waals surface area (Å²) in [6.45, 7) is 0. The standard InChI is InChI=1S/La.2Li.O.Ti.2H. The Hall–Kier alpha value is 2.90. The zero-order valence-corrected chi connectivity index (χ0v) is 6.67. The molecule has 0 heterocycles. The first-order valence-corrected chi connectivity index (χ1v) is 0.842. The molecular formula is H2LaLi2OTi. The molecule has 0 aliphatic rings. The fraction of sp³-hybridized carbons (Fsp3) is 0. The fourth-order valence-corrected chi connectivity index (χ4v) is 0. The summed E-state index contributed by atoms with van der Waals surface area (Å²) in [5.74, 6) is 0. The van der Waals surface area contributed by atoms with E-state index in [4.69, 9.17) is 3.32 Å². The number of hydrogen-bond donors (Lipinski definition) is 0. The molecule has 0 unspecified atom stereocenters. The summed E-state index contributed by atoms with van der Waals surface area (Å²) in [6.07, 6.45) is 0. The average molecular weight is 219 g/mol. The van der Waals surface area contributed by atoms with Crippen LogP contribution in [-0.2, 0) is 23.7 Å². The van der Waals surface area contributed by atoms with Crippen LogP contribution in [0.15, 0.2) is 0 Å². The Morgan fingerprint density at radius 1 is 1.00 bits per heavy atom. The van der Waals surface area contributed by atoms with Gasteiger partial charge in [-0.15, -0.1) is 0 Å². The third-order valence-corrected chi connectivity index (χ3v) is 0. The molecule has 0 spiro atoms. The van der Waals surface area contributed by atoms with Crippen LogP contribution in [-0.4, -0.2) is 37.7 Å². The summed E-state index contributed by atoms with van der Waals surface area (Å²) in [5, 5.41) is 0. The van der Waals surface area contributed by atoms with Crippen molar-refractivity contribution in [2.45, 2.75) is 0 Å². The van der Waals surface area contributed by atoms with Gasteiger partial charge in [-0.2, -0.15) is 0 Å². The minimum absolute atomic E-state index is 0. The van der Waals surface area contributed by atoms with E-state index in [0.29, 0.717) is 0 Å². The van der Waals surface area contributed by atoms with E-state index in [2.05, 4.69) is 0 Å². The predicted molar refractivity (Wildman–Crippen MR) is 15.0 cm³/mol. The van der Waals surface area contributed by atoms with Gasteiger partial charge in [0.15, 0.2) is 0 Å². The van der Waals surface area contributed by atoms with Crippen LogP contribution in [0.1, 0.15) is 0 Å². The summed E-state index contributed by atoms with van der Waals surface area (Å²) in [5.41, 5.74) is 0. The van der Waals surface area contributed by atoms with Gasteiger partial charge in [0.25, 0.3) is 0 Å². The molecule has 0 N–H and O–H groups in total. The summed E-state index contributed by atoms with van der Waals surface area (Å²) in [7, 11) is 0. The molecule has 0 saturated heterocycles. The van der Waals surface area contributed by atoms with E-state index >= 15 is 0 Å². The maximum absolute atomic E-state index is 8.25. The Balaban J connectivity index is -0.00000000167. The van der Waals surface area contributed by atoms with Gasteiger partial charge in [0, 0.05) is 35.6 Å². The van der Waals surface area contributed by atoms with Crippen molar-refractivity contribution in [2.24, 2.45) is 0 Å². The third kappa shape index (κ3) is 19.7. The van der Waals surface area contributed by atoms with E-state index in [1.165, 1.54) is 0 Å². The van der Waals surface area contributed by atoms with E-state index in [-0.39, 0.29) is 73.3 Å².